The average molecular weight is 715 g/mol. The van der Waals surface area contributed by atoms with E-state index in [1.807, 2.05) is 39.8 Å². The fraction of sp³-hybridized carbons (Fsp3) is 0.462. The molecule has 2 aromatic carbocycles. The third-order valence-corrected chi connectivity index (χ3v) is 9.69. The fourth-order valence-corrected chi connectivity index (χ4v) is 7.26. The molecular formula is C39H50N6O5S. The number of rotatable bonds is 7. The molecule has 0 saturated heterocycles. The molecule has 0 saturated carbocycles. The standard InChI is InChI=1S/C39H50N6O5S/c1-24(2)50-30-20-40-32(41-21-30)22-45-29(19-39(8,9)10)23-49-35-26(4)34(33-25(3)13-11-15-28(33)18-38(5,6)7)42-37(43-35)44-51(47,48)31-16-12-14-27(17-31)36(45)46/h11-17,20-21,24,29H,18-19,22-23H2,1-10H3,(H,42,43,44)/t29-/m1/s1. The van der Waals surface area contributed by atoms with Crippen molar-refractivity contribution in [2.24, 2.45) is 10.8 Å². The third-order valence-electron chi connectivity index (χ3n) is 8.36. The first-order chi connectivity index (χ1) is 23.8. The van der Waals surface area contributed by atoms with Crippen molar-refractivity contribution in [1.29, 1.82) is 0 Å². The van der Waals surface area contributed by atoms with Crippen molar-refractivity contribution in [3.8, 4) is 22.9 Å². The molecule has 0 fully saturated rings. The number of ether oxygens (including phenoxy) is 2. The first kappa shape index (κ1) is 37.7. The van der Waals surface area contributed by atoms with Crippen LogP contribution in [-0.2, 0) is 23.0 Å². The lowest BCUT2D eigenvalue weighted by molar-refractivity contribution is 0.0504. The van der Waals surface area contributed by atoms with Gasteiger partial charge in [0.1, 0.15) is 12.4 Å². The Bertz CT molecular complexity index is 2000. The molecule has 4 bridgehead atoms. The van der Waals surface area contributed by atoms with Crippen LogP contribution in [0.1, 0.15) is 94.7 Å². The van der Waals surface area contributed by atoms with E-state index in [9.17, 15) is 13.2 Å². The van der Waals surface area contributed by atoms with E-state index in [1.165, 1.54) is 12.1 Å². The van der Waals surface area contributed by atoms with E-state index in [4.69, 9.17) is 14.5 Å². The Morgan fingerprint density at radius 1 is 0.980 bits per heavy atom. The van der Waals surface area contributed by atoms with Gasteiger partial charge in [-0.1, -0.05) is 65.8 Å². The number of benzene rings is 2. The molecule has 11 nitrogen and oxygen atoms in total. The van der Waals surface area contributed by atoms with Gasteiger partial charge in [-0.05, 0) is 80.7 Å². The van der Waals surface area contributed by atoms with E-state index in [0.29, 0.717) is 29.3 Å². The molecule has 0 unspecified atom stereocenters. The molecule has 51 heavy (non-hydrogen) atoms. The number of sulfonamides is 1. The maximum atomic E-state index is 14.5. The normalized spacial score (nSPS) is 16.4. The minimum absolute atomic E-state index is 0.0187. The zero-order valence-corrected chi connectivity index (χ0v) is 32.2. The number of carbonyl (C=O) groups excluding carboxylic acids is 1. The number of nitrogens with zero attached hydrogens (tertiary/aromatic N) is 5. The van der Waals surface area contributed by atoms with Crippen molar-refractivity contribution >= 4 is 21.9 Å². The Morgan fingerprint density at radius 2 is 1.67 bits per heavy atom. The van der Waals surface area contributed by atoms with E-state index in [0.717, 1.165) is 23.1 Å². The second kappa shape index (κ2) is 14.6. The highest BCUT2D eigenvalue weighted by molar-refractivity contribution is 7.92. The summed E-state index contributed by atoms with van der Waals surface area (Å²) in [7, 11) is -4.22. The second-order valence-electron chi connectivity index (χ2n) is 16.0. The minimum atomic E-state index is -4.22. The highest BCUT2D eigenvalue weighted by Gasteiger charge is 2.33. The fourth-order valence-electron chi connectivity index (χ4n) is 6.27. The van der Waals surface area contributed by atoms with Gasteiger partial charge in [0.15, 0.2) is 5.75 Å². The van der Waals surface area contributed by atoms with Crippen LogP contribution < -0.4 is 14.2 Å². The molecule has 1 atom stereocenters. The lowest BCUT2D eigenvalue weighted by atomic mass is 9.84. The number of anilines is 1. The molecule has 0 spiro atoms. The molecule has 4 aromatic rings. The number of carbonyl (C=O) groups is 1. The molecule has 0 aliphatic carbocycles. The van der Waals surface area contributed by atoms with Crippen molar-refractivity contribution in [3.05, 3.63) is 82.9 Å². The topological polar surface area (TPSA) is 136 Å². The van der Waals surface area contributed by atoms with Gasteiger partial charge in [-0.25, -0.2) is 28.1 Å². The lowest BCUT2D eigenvalue weighted by Crippen LogP contribution is -2.45. The van der Waals surface area contributed by atoms with E-state index in [2.05, 4.69) is 67.3 Å². The van der Waals surface area contributed by atoms with Gasteiger partial charge in [-0.2, -0.15) is 4.98 Å². The Labute approximate surface area is 302 Å². The van der Waals surface area contributed by atoms with Crippen molar-refractivity contribution in [2.75, 3.05) is 11.3 Å². The maximum absolute atomic E-state index is 14.5. The Kier molecular flexibility index (Phi) is 10.8. The van der Waals surface area contributed by atoms with Gasteiger partial charge >= 0.3 is 0 Å². The van der Waals surface area contributed by atoms with E-state index >= 15 is 0 Å². The Balaban J connectivity index is 1.68. The highest BCUT2D eigenvalue weighted by Crippen LogP contribution is 2.37. The van der Waals surface area contributed by atoms with Crippen molar-refractivity contribution in [3.63, 3.8) is 0 Å². The molecule has 3 heterocycles. The third kappa shape index (κ3) is 9.40. The Morgan fingerprint density at radius 3 is 2.31 bits per heavy atom. The quantitative estimate of drug-likeness (QED) is 0.206. The molecule has 272 valence electrons. The number of hydrogen-bond acceptors (Lipinski definition) is 9. The smallest absolute Gasteiger partial charge is 0.264 e. The molecule has 5 rings (SSSR count). The summed E-state index contributed by atoms with van der Waals surface area (Å²) in [4.78, 5) is 34.5. The summed E-state index contributed by atoms with van der Waals surface area (Å²) in [5, 5.41) is 0. The van der Waals surface area contributed by atoms with Gasteiger partial charge in [0, 0.05) is 16.7 Å². The van der Waals surface area contributed by atoms with E-state index < -0.39 is 16.1 Å². The van der Waals surface area contributed by atoms with Crippen LogP contribution in [0.5, 0.6) is 11.6 Å². The predicted molar refractivity (Wildman–Crippen MR) is 198 cm³/mol. The molecule has 0 radical (unpaired) electrons. The summed E-state index contributed by atoms with van der Waals surface area (Å²) in [5.74, 6) is 0.661. The van der Waals surface area contributed by atoms with Crippen molar-refractivity contribution < 1.29 is 22.7 Å². The van der Waals surface area contributed by atoms with Crippen LogP contribution >= 0.6 is 0 Å². The molecule has 1 aliphatic rings. The molecular weight excluding hydrogens is 665 g/mol. The van der Waals surface area contributed by atoms with Crippen LogP contribution in [0.2, 0.25) is 0 Å². The predicted octanol–water partition coefficient (Wildman–Crippen LogP) is 7.57. The SMILES string of the molecule is Cc1cccc(CC(C)(C)C)c1-c1nc2nc(c1C)OC[C@@H](CC(C)(C)C)N(Cc1ncc(OC(C)C)cn1)C(=O)c1cccc(c1)S(=O)(=O)N2. The van der Waals surface area contributed by atoms with Crippen LogP contribution in [-0.4, -0.2) is 57.9 Å². The number of aromatic nitrogens is 4. The Hall–Kier alpha value is -4.58. The van der Waals surface area contributed by atoms with Crippen LogP contribution in [0.25, 0.3) is 11.3 Å². The van der Waals surface area contributed by atoms with Gasteiger partial charge < -0.3 is 14.4 Å². The van der Waals surface area contributed by atoms with Crippen LogP contribution in [0, 0.1) is 24.7 Å². The van der Waals surface area contributed by atoms with Crippen molar-refractivity contribution in [1.82, 2.24) is 24.8 Å². The summed E-state index contributed by atoms with van der Waals surface area (Å²) in [6.07, 6.45) is 4.46. The first-order valence-corrected chi connectivity index (χ1v) is 18.8. The average Bonchev–Trinajstić information content (AvgIpc) is 3.02. The molecule has 1 aliphatic heterocycles. The lowest BCUT2D eigenvalue weighted by Gasteiger charge is -2.35. The van der Waals surface area contributed by atoms with Crippen molar-refractivity contribution in [2.45, 2.75) is 106 Å². The summed E-state index contributed by atoms with van der Waals surface area (Å²) < 4.78 is 42.6. The van der Waals surface area contributed by atoms with Gasteiger partial charge in [0.2, 0.25) is 11.8 Å². The largest absolute Gasteiger partial charge is 0.488 e. The van der Waals surface area contributed by atoms with Crippen LogP contribution in [0.15, 0.2) is 59.8 Å². The van der Waals surface area contributed by atoms with Crippen LogP contribution in [0.3, 0.4) is 0 Å². The highest BCUT2D eigenvalue weighted by atomic mass is 32.2. The number of aryl methyl sites for hydroxylation is 1. The van der Waals surface area contributed by atoms with E-state index in [-0.39, 0.29) is 58.3 Å². The van der Waals surface area contributed by atoms with Gasteiger partial charge in [0.25, 0.3) is 15.9 Å². The number of hydrogen-bond donors (Lipinski definition) is 1. The zero-order chi connectivity index (χ0) is 37.3. The minimum Gasteiger partial charge on any atom is -0.488 e. The monoisotopic (exact) mass is 714 g/mol. The maximum Gasteiger partial charge on any atom is 0.264 e. The summed E-state index contributed by atoms with van der Waals surface area (Å²) in [6, 6.07) is 11.6. The molecule has 1 amide bonds. The summed E-state index contributed by atoms with van der Waals surface area (Å²) >= 11 is 0. The second-order valence-corrected chi connectivity index (χ2v) is 17.7. The number of nitrogens with one attached hydrogen (secondary N) is 1. The van der Waals surface area contributed by atoms with E-state index in [1.54, 1.807) is 29.4 Å². The summed E-state index contributed by atoms with van der Waals surface area (Å²) in [6.45, 7) is 20.7. The van der Waals surface area contributed by atoms with Gasteiger partial charge in [0.05, 0.1) is 41.7 Å². The molecule has 12 heteroatoms. The zero-order valence-electron chi connectivity index (χ0n) is 31.4. The van der Waals surface area contributed by atoms with Gasteiger partial charge in [-0.15, -0.1) is 0 Å². The molecule has 1 N–H and O–H groups in total. The molecule has 2 aromatic heterocycles. The van der Waals surface area contributed by atoms with Crippen LogP contribution in [0.4, 0.5) is 5.95 Å². The van der Waals surface area contributed by atoms with Gasteiger partial charge in [-0.3, -0.25) is 4.79 Å². The first-order valence-electron chi connectivity index (χ1n) is 17.3. The summed E-state index contributed by atoms with van der Waals surface area (Å²) in [5.41, 5.74) is 4.20. The number of amides is 1. The number of fused-ring (bicyclic) bond motifs is 4.